The van der Waals surface area contributed by atoms with Gasteiger partial charge in [-0.3, -0.25) is 9.69 Å². The number of nitrogens with zero attached hydrogens (tertiary/aromatic N) is 1. The van der Waals surface area contributed by atoms with Crippen molar-refractivity contribution in [1.82, 2.24) is 10.2 Å². The summed E-state index contributed by atoms with van der Waals surface area (Å²) >= 11 is 1.55. The van der Waals surface area contributed by atoms with Crippen LogP contribution in [0, 0.1) is 0 Å². The summed E-state index contributed by atoms with van der Waals surface area (Å²) in [6.45, 7) is 3.50. The molecule has 2 saturated heterocycles. The number of amides is 1. The fourth-order valence-electron chi connectivity index (χ4n) is 3.53. The number of likely N-dealkylation sites (tertiary alicyclic amines) is 1. The van der Waals surface area contributed by atoms with Crippen LogP contribution >= 0.6 is 11.3 Å². The van der Waals surface area contributed by atoms with Gasteiger partial charge in [-0.05, 0) is 23.9 Å². The predicted molar refractivity (Wildman–Crippen MR) is 133 cm³/mol. The second-order valence-corrected chi connectivity index (χ2v) is 8.85. The summed E-state index contributed by atoms with van der Waals surface area (Å²) in [5, 5.41) is 35.4. The van der Waals surface area contributed by atoms with Gasteiger partial charge in [-0.25, -0.2) is 19.2 Å². The average molecular weight is 535 g/mol. The van der Waals surface area contributed by atoms with Crippen LogP contribution in [0.3, 0.4) is 0 Å². The molecule has 2 aromatic rings. The van der Waals surface area contributed by atoms with Gasteiger partial charge >= 0.3 is 23.9 Å². The fourth-order valence-corrected chi connectivity index (χ4v) is 4.51. The van der Waals surface area contributed by atoms with Gasteiger partial charge in [-0.1, -0.05) is 18.2 Å². The number of carbonyl (C=O) groups excluding carboxylic acids is 1. The predicted octanol–water partition coefficient (Wildman–Crippen LogP) is 1.53. The molecular formula is C24H26N2O10S. The molecule has 1 amide bonds. The molecule has 0 radical (unpaired) electrons. The van der Waals surface area contributed by atoms with Crippen molar-refractivity contribution in [1.29, 1.82) is 0 Å². The number of thiophene rings is 1. The normalized spacial score (nSPS) is 18.2. The molecule has 1 aromatic carbocycles. The number of benzene rings is 1. The zero-order chi connectivity index (χ0) is 27.4. The van der Waals surface area contributed by atoms with Gasteiger partial charge in [0.1, 0.15) is 0 Å². The topological polar surface area (TPSA) is 191 Å². The number of carboxylic acids is 4. The summed E-state index contributed by atoms with van der Waals surface area (Å²) in [7, 11) is 0. The number of carbonyl (C=O) groups is 5. The molecule has 2 aliphatic rings. The lowest BCUT2D eigenvalue weighted by molar-refractivity contribution is -0.134. The number of rotatable bonds is 8. The van der Waals surface area contributed by atoms with Gasteiger partial charge in [0.2, 0.25) is 0 Å². The van der Waals surface area contributed by atoms with Crippen molar-refractivity contribution in [3.8, 4) is 0 Å². The van der Waals surface area contributed by atoms with Crippen molar-refractivity contribution in [3.05, 3.63) is 59.5 Å². The van der Waals surface area contributed by atoms with Crippen LogP contribution in [-0.4, -0.2) is 93.5 Å². The molecule has 4 rings (SSSR count). The summed E-state index contributed by atoms with van der Waals surface area (Å²) in [6, 6.07) is 10.6. The third-order valence-corrected chi connectivity index (χ3v) is 6.20. The molecule has 0 saturated carbocycles. The highest BCUT2D eigenvalue weighted by molar-refractivity contribution is 7.20. The van der Waals surface area contributed by atoms with Crippen LogP contribution in [0.15, 0.2) is 54.6 Å². The third kappa shape index (κ3) is 10.6. The van der Waals surface area contributed by atoms with E-state index in [1.807, 2.05) is 24.3 Å². The number of aliphatic carboxylic acids is 4. The molecule has 0 aliphatic carbocycles. The van der Waals surface area contributed by atoms with E-state index in [2.05, 4.69) is 16.3 Å². The van der Waals surface area contributed by atoms with Crippen LogP contribution in [0.4, 0.5) is 0 Å². The van der Waals surface area contributed by atoms with Gasteiger partial charge in [0.05, 0.1) is 17.6 Å². The van der Waals surface area contributed by atoms with Gasteiger partial charge in [0.25, 0.3) is 5.91 Å². The molecule has 1 aromatic heterocycles. The van der Waals surface area contributed by atoms with E-state index in [9.17, 15) is 24.0 Å². The summed E-state index contributed by atoms with van der Waals surface area (Å²) < 4.78 is 6.75. The molecule has 198 valence electrons. The van der Waals surface area contributed by atoms with Crippen LogP contribution in [0.25, 0.3) is 10.1 Å². The van der Waals surface area contributed by atoms with Crippen molar-refractivity contribution in [3.63, 3.8) is 0 Å². The Morgan fingerprint density at radius 1 is 0.946 bits per heavy atom. The molecular weight excluding hydrogens is 508 g/mol. The van der Waals surface area contributed by atoms with Crippen molar-refractivity contribution in [2.75, 3.05) is 26.2 Å². The van der Waals surface area contributed by atoms with Crippen molar-refractivity contribution in [2.24, 2.45) is 0 Å². The zero-order valence-electron chi connectivity index (χ0n) is 19.5. The van der Waals surface area contributed by atoms with E-state index in [0.29, 0.717) is 43.0 Å². The number of ether oxygens (including phenoxy) is 1. The van der Waals surface area contributed by atoms with Crippen LogP contribution in [-0.2, 0) is 23.9 Å². The van der Waals surface area contributed by atoms with E-state index >= 15 is 0 Å². The molecule has 2 fully saturated rings. The molecule has 2 atom stereocenters. The molecule has 0 spiro atoms. The van der Waals surface area contributed by atoms with Crippen LogP contribution < -0.4 is 5.32 Å². The minimum atomic E-state index is -1.26. The Labute approximate surface area is 215 Å². The summed E-state index contributed by atoms with van der Waals surface area (Å²) in [5.74, 6) is -4.99. The molecule has 3 heterocycles. The van der Waals surface area contributed by atoms with E-state index < -0.39 is 23.9 Å². The Hall–Kier alpha value is -4.07. The van der Waals surface area contributed by atoms with E-state index in [4.69, 9.17) is 25.2 Å². The number of hydrogen-bond donors (Lipinski definition) is 5. The van der Waals surface area contributed by atoms with Crippen molar-refractivity contribution >= 4 is 51.2 Å². The first-order valence-electron chi connectivity index (χ1n) is 11.0. The lowest BCUT2D eigenvalue weighted by atomic mass is 10.2. The molecule has 2 aliphatic heterocycles. The standard InChI is InChI=1S/C16H18N2O2S.2C4H4O4/c19-16(15-7-11-3-1-2-4-14(11)21-15)17-5-6-18-9-13-8-12(18)10-20-13;2*5-3(6)1-2-4(7)8/h1-4,7,12-13H,5-6,8-10H2,(H,17,19);2*1-2H,(H,5,6)(H,7,8)/b;2*2-1-. The minimum Gasteiger partial charge on any atom is -0.478 e. The smallest absolute Gasteiger partial charge is 0.328 e. The second kappa shape index (κ2) is 14.5. The van der Waals surface area contributed by atoms with Gasteiger partial charge in [0.15, 0.2) is 0 Å². The number of morpholine rings is 1. The lowest BCUT2D eigenvalue weighted by Crippen LogP contribution is -2.41. The number of fused-ring (bicyclic) bond motifs is 3. The fraction of sp³-hybridized carbons (Fsp3) is 0.292. The summed E-state index contributed by atoms with van der Waals surface area (Å²) in [5.41, 5.74) is 0. The van der Waals surface area contributed by atoms with E-state index in [1.165, 1.54) is 0 Å². The first-order valence-corrected chi connectivity index (χ1v) is 11.8. The zero-order valence-corrected chi connectivity index (χ0v) is 20.3. The van der Waals surface area contributed by atoms with E-state index in [0.717, 1.165) is 41.1 Å². The SMILES string of the molecule is O=C(NCCN1CC2CC1CO2)c1cc2ccccc2s1.O=C(O)/C=C\C(=O)O.O=C(O)/C=C\C(=O)O. The number of hydrogen-bond acceptors (Lipinski definition) is 8. The average Bonchev–Trinajstić information content (AvgIpc) is 3.58. The molecule has 2 unspecified atom stereocenters. The van der Waals surface area contributed by atoms with Gasteiger partial charge < -0.3 is 30.5 Å². The van der Waals surface area contributed by atoms with Crippen LogP contribution in [0.1, 0.15) is 16.1 Å². The second-order valence-electron chi connectivity index (χ2n) is 7.76. The Morgan fingerprint density at radius 3 is 1.97 bits per heavy atom. The van der Waals surface area contributed by atoms with Crippen molar-refractivity contribution in [2.45, 2.75) is 18.6 Å². The Balaban J connectivity index is 0.000000251. The summed E-state index contributed by atoms with van der Waals surface area (Å²) in [4.78, 5) is 53.6. The highest BCUT2D eigenvalue weighted by Crippen LogP contribution is 2.27. The minimum absolute atomic E-state index is 0.0387. The van der Waals surface area contributed by atoms with E-state index in [1.54, 1.807) is 11.3 Å². The molecule has 12 nitrogen and oxygen atoms in total. The highest BCUT2D eigenvalue weighted by atomic mass is 32.1. The highest BCUT2D eigenvalue weighted by Gasteiger charge is 2.38. The monoisotopic (exact) mass is 534 g/mol. The molecule has 5 N–H and O–H groups in total. The van der Waals surface area contributed by atoms with Crippen LogP contribution in [0.2, 0.25) is 0 Å². The molecule has 13 heteroatoms. The van der Waals surface area contributed by atoms with Gasteiger partial charge in [0, 0.05) is 54.7 Å². The van der Waals surface area contributed by atoms with E-state index in [-0.39, 0.29) is 5.91 Å². The third-order valence-electron chi connectivity index (χ3n) is 5.08. The van der Waals surface area contributed by atoms with Crippen molar-refractivity contribution < 1.29 is 49.1 Å². The first-order chi connectivity index (χ1) is 17.5. The number of carboxylic acid groups (broad SMARTS) is 4. The van der Waals surface area contributed by atoms with Gasteiger partial charge in [-0.15, -0.1) is 11.3 Å². The maximum absolute atomic E-state index is 12.2. The Morgan fingerprint density at radius 2 is 1.51 bits per heavy atom. The molecule has 2 bridgehead atoms. The maximum Gasteiger partial charge on any atom is 0.328 e. The Bertz CT molecular complexity index is 1090. The molecule has 37 heavy (non-hydrogen) atoms. The first kappa shape index (κ1) is 29.2. The largest absolute Gasteiger partial charge is 0.478 e. The summed E-state index contributed by atoms with van der Waals surface area (Å²) in [6.07, 6.45) is 3.81. The Kier molecular flexibility index (Phi) is 11.4. The lowest BCUT2D eigenvalue weighted by Gasteiger charge is -2.26. The maximum atomic E-state index is 12.2. The number of nitrogens with one attached hydrogen (secondary N) is 1. The van der Waals surface area contributed by atoms with Gasteiger partial charge in [-0.2, -0.15) is 0 Å². The van der Waals surface area contributed by atoms with Crippen LogP contribution in [0.5, 0.6) is 0 Å². The quantitative estimate of drug-likeness (QED) is 0.309.